The van der Waals surface area contributed by atoms with E-state index in [-0.39, 0.29) is 19.4 Å². The fourth-order valence-corrected chi connectivity index (χ4v) is 5.09. The highest BCUT2D eigenvalue weighted by molar-refractivity contribution is 5.92. The van der Waals surface area contributed by atoms with Gasteiger partial charge in [0, 0.05) is 13.0 Å². The monoisotopic (exact) mass is 603 g/mol. The highest BCUT2D eigenvalue weighted by Gasteiger charge is 2.28. The molecule has 0 radical (unpaired) electrons. The number of carbonyl (C=O) groups is 4. The smallest absolute Gasteiger partial charge is 0.407 e. The van der Waals surface area contributed by atoms with Crippen LogP contribution in [-0.4, -0.2) is 48.5 Å². The lowest BCUT2D eigenvalue weighted by atomic mass is 9.88. The Morgan fingerprint density at radius 3 is 2.11 bits per heavy atom. The standard InChI is InChI=1S/C34H45N5O5/c1-23-12-11-13-24(2)27(23)21-28(35)32(41)38-29(33(42)39-30(31(36)40)20-25-14-5-3-6-15-25)18-9-10-19-37-34(43)44-22-26-16-7-4-8-17-26/h3-8,12,14-17,28-30H,9-11,13,18-22,35H2,1-2H3,(H2,36,40)(H,37,43)(H,38,41)(H,39,42). The molecule has 44 heavy (non-hydrogen) atoms. The third-order valence-electron chi connectivity index (χ3n) is 7.70. The van der Waals surface area contributed by atoms with Crippen molar-refractivity contribution in [3.63, 3.8) is 0 Å². The van der Waals surface area contributed by atoms with E-state index in [4.69, 9.17) is 16.2 Å². The van der Waals surface area contributed by atoms with E-state index in [9.17, 15) is 19.2 Å². The van der Waals surface area contributed by atoms with Gasteiger partial charge in [-0.2, -0.15) is 0 Å². The predicted octanol–water partition coefficient (Wildman–Crippen LogP) is 3.55. The largest absolute Gasteiger partial charge is 0.445 e. The molecule has 1 aliphatic rings. The molecule has 0 saturated carbocycles. The molecule has 3 atom stereocenters. The second-order valence-electron chi connectivity index (χ2n) is 11.2. The maximum absolute atomic E-state index is 13.4. The average Bonchev–Trinajstić information content (AvgIpc) is 3.01. The van der Waals surface area contributed by atoms with E-state index in [0.29, 0.717) is 25.8 Å². The summed E-state index contributed by atoms with van der Waals surface area (Å²) >= 11 is 0. The zero-order valence-electron chi connectivity index (χ0n) is 25.6. The lowest BCUT2D eigenvalue weighted by Gasteiger charge is -2.25. The van der Waals surface area contributed by atoms with Crippen molar-refractivity contribution in [2.45, 2.75) is 83.5 Å². The summed E-state index contributed by atoms with van der Waals surface area (Å²) < 4.78 is 5.23. The van der Waals surface area contributed by atoms with Crippen molar-refractivity contribution in [2.75, 3.05) is 6.54 Å². The number of carbonyl (C=O) groups excluding carboxylic acids is 4. The SMILES string of the molecule is CC1=CCCC(C)=C1CC(N)C(=O)NC(CCCCNC(=O)OCc1ccccc1)C(=O)NC(Cc1ccccc1)C(N)=O. The predicted molar refractivity (Wildman–Crippen MR) is 170 cm³/mol. The highest BCUT2D eigenvalue weighted by atomic mass is 16.5. The van der Waals surface area contributed by atoms with Crippen LogP contribution in [0.3, 0.4) is 0 Å². The Bertz CT molecular complexity index is 1330. The third kappa shape index (κ3) is 11.3. The number of nitrogens with two attached hydrogens (primary N) is 2. The molecule has 0 saturated heterocycles. The molecule has 2 aromatic carbocycles. The summed E-state index contributed by atoms with van der Waals surface area (Å²) in [6.45, 7) is 4.55. The highest BCUT2D eigenvalue weighted by Crippen LogP contribution is 2.27. The minimum absolute atomic E-state index is 0.164. The fraction of sp³-hybridized carbons (Fsp3) is 0.412. The fourth-order valence-electron chi connectivity index (χ4n) is 5.09. The van der Waals surface area contributed by atoms with Gasteiger partial charge in [0.15, 0.2) is 0 Å². The van der Waals surface area contributed by atoms with Gasteiger partial charge in [0.05, 0.1) is 6.04 Å². The maximum Gasteiger partial charge on any atom is 0.407 e. The normalized spacial score (nSPS) is 14.9. The van der Waals surface area contributed by atoms with Gasteiger partial charge in [-0.3, -0.25) is 14.4 Å². The quantitative estimate of drug-likeness (QED) is 0.184. The van der Waals surface area contributed by atoms with Crippen LogP contribution in [0.5, 0.6) is 0 Å². The first-order valence-electron chi connectivity index (χ1n) is 15.1. The number of benzene rings is 2. The summed E-state index contributed by atoms with van der Waals surface area (Å²) in [5, 5.41) is 8.22. The number of allylic oxidation sites excluding steroid dienone is 3. The van der Waals surface area contributed by atoms with Crippen LogP contribution in [0.2, 0.25) is 0 Å². The van der Waals surface area contributed by atoms with Gasteiger partial charge in [-0.25, -0.2) is 4.79 Å². The van der Waals surface area contributed by atoms with Gasteiger partial charge in [0.1, 0.15) is 18.7 Å². The number of hydrogen-bond acceptors (Lipinski definition) is 6. The van der Waals surface area contributed by atoms with Gasteiger partial charge >= 0.3 is 6.09 Å². The van der Waals surface area contributed by atoms with Gasteiger partial charge < -0.3 is 32.2 Å². The average molecular weight is 604 g/mol. The Morgan fingerprint density at radius 2 is 1.48 bits per heavy atom. The summed E-state index contributed by atoms with van der Waals surface area (Å²) in [5.41, 5.74) is 17.0. The first-order valence-corrected chi connectivity index (χ1v) is 15.1. The number of amides is 4. The molecule has 0 aliphatic heterocycles. The summed E-state index contributed by atoms with van der Waals surface area (Å²) in [6.07, 6.45) is 5.38. The molecule has 0 heterocycles. The number of unbranched alkanes of at least 4 members (excludes halogenated alkanes) is 1. The Morgan fingerprint density at radius 1 is 0.841 bits per heavy atom. The van der Waals surface area contributed by atoms with Crippen molar-refractivity contribution < 1.29 is 23.9 Å². The summed E-state index contributed by atoms with van der Waals surface area (Å²) in [6, 6.07) is 15.8. The Balaban J connectivity index is 1.58. The van der Waals surface area contributed by atoms with E-state index in [1.165, 1.54) is 5.57 Å². The molecular formula is C34H45N5O5. The van der Waals surface area contributed by atoms with E-state index in [1.807, 2.05) is 67.6 Å². The van der Waals surface area contributed by atoms with Crippen LogP contribution < -0.4 is 27.4 Å². The van der Waals surface area contributed by atoms with Gasteiger partial charge in [-0.15, -0.1) is 0 Å². The molecule has 0 fully saturated rings. The van der Waals surface area contributed by atoms with Gasteiger partial charge in [0.25, 0.3) is 0 Å². The molecule has 4 amide bonds. The zero-order valence-corrected chi connectivity index (χ0v) is 25.6. The van der Waals surface area contributed by atoms with Gasteiger partial charge in [-0.05, 0) is 69.1 Å². The van der Waals surface area contributed by atoms with Crippen molar-refractivity contribution in [3.05, 3.63) is 94.6 Å². The first kappa shape index (κ1) is 34.1. The molecular weight excluding hydrogens is 558 g/mol. The van der Waals surface area contributed by atoms with Crippen LogP contribution in [0.15, 0.2) is 83.5 Å². The van der Waals surface area contributed by atoms with Crippen molar-refractivity contribution in [3.8, 4) is 0 Å². The molecule has 10 heteroatoms. The minimum Gasteiger partial charge on any atom is -0.445 e. The van der Waals surface area contributed by atoms with E-state index in [1.54, 1.807) is 0 Å². The molecule has 0 bridgehead atoms. The second kappa shape index (κ2) is 17.6. The lowest BCUT2D eigenvalue weighted by molar-refractivity contribution is -0.131. The molecule has 236 valence electrons. The van der Waals surface area contributed by atoms with E-state index in [2.05, 4.69) is 29.0 Å². The van der Waals surface area contributed by atoms with Crippen LogP contribution in [-0.2, 0) is 32.1 Å². The number of rotatable bonds is 16. The number of hydrogen-bond donors (Lipinski definition) is 5. The lowest BCUT2D eigenvalue weighted by Crippen LogP contribution is -2.55. The van der Waals surface area contributed by atoms with E-state index < -0.39 is 41.9 Å². The van der Waals surface area contributed by atoms with Crippen LogP contribution in [0, 0.1) is 0 Å². The van der Waals surface area contributed by atoms with Crippen LogP contribution in [0.25, 0.3) is 0 Å². The van der Waals surface area contributed by atoms with E-state index in [0.717, 1.165) is 35.1 Å². The maximum atomic E-state index is 13.4. The molecule has 7 N–H and O–H groups in total. The number of primary amides is 1. The Labute approximate surface area is 259 Å². The zero-order chi connectivity index (χ0) is 31.9. The molecule has 3 rings (SSSR count). The van der Waals surface area contributed by atoms with Crippen molar-refractivity contribution in [2.24, 2.45) is 11.5 Å². The van der Waals surface area contributed by atoms with Crippen LogP contribution in [0.1, 0.15) is 63.5 Å². The van der Waals surface area contributed by atoms with Crippen molar-refractivity contribution >= 4 is 23.8 Å². The molecule has 1 aliphatic carbocycles. The number of nitrogens with one attached hydrogen (secondary N) is 3. The summed E-state index contributed by atoms with van der Waals surface area (Å²) in [5.74, 6) is -1.65. The van der Waals surface area contributed by atoms with Crippen LogP contribution >= 0.6 is 0 Å². The third-order valence-corrected chi connectivity index (χ3v) is 7.70. The molecule has 0 spiro atoms. The Kier molecular flexibility index (Phi) is 13.6. The summed E-state index contributed by atoms with van der Waals surface area (Å²) in [7, 11) is 0. The molecule has 10 nitrogen and oxygen atoms in total. The molecule has 2 aromatic rings. The molecule has 0 aromatic heterocycles. The number of alkyl carbamates (subject to hydrolysis) is 1. The summed E-state index contributed by atoms with van der Waals surface area (Å²) in [4.78, 5) is 50.9. The van der Waals surface area contributed by atoms with Gasteiger partial charge in [-0.1, -0.05) is 77.9 Å². The van der Waals surface area contributed by atoms with Crippen molar-refractivity contribution in [1.29, 1.82) is 0 Å². The minimum atomic E-state index is -0.957. The molecule has 3 unspecified atom stereocenters. The topological polar surface area (TPSA) is 166 Å². The van der Waals surface area contributed by atoms with Gasteiger partial charge in [0.2, 0.25) is 17.7 Å². The second-order valence-corrected chi connectivity index (χ2v) is 11.2. The van der Waals surface area contributed by atoms with Crippen molar-refractivity contribution in [1.82, 2.24) is 16.0 Å². The first-order chi connectivity index (χ1) is 21.1. The van der Waals surface area contributed by atoms with Crippen LogP contribution in [0.4, 0.5) is 4.79 Å². The Hall–Kier alpha value is -4.44. The van der Waals surface area contributed by atoms with E-state index >= 15 is 0 Å². The number of ether oxygens (including phenoxy) is 1.